The Balaban J connectivity index is 1.65. The van der Waals surface area contributed by atoms with Crippen molar-refractivity contribution < 1.29 is 14.0 Å². The molecule has 0 radical (unpaired) electrons. The normalized spacial score (nSPS) is 10.4. The van der Waals surface area contributed by atoms with Gasteiger partial charge >= 0.3 is 0 Å². The van der Waals surface area contributed by atoms with Gasteiger partial charge in [0.15, 0.2) is 10.9 Å². The second kappa shape index (κ2) is 7.10. The maximum absolute atomic E-state index is 12.2. The van der Waals surface area contributed by atoms with Crippen LogP contribution in [0.4, 0.5) is 5.13 Å². The largest absolute Gasteiger partial charge is 0.454 e. The Kier molecular flexibility index (Phi) is 4.72. The SMILES string of the molecule is CC(=O)NCc1ccc(C(=O)Nc2ncc(-c3ccccc3)s2)o1. The number of anilines is 1. The Morgan fingerprint density at radius 2 is 1.96 bits per heavy atom. The lowest BCUT2D eigenvalue weighted by Gasteiger charge is -1.99. The van der Waals surface area contributed by atoms with Gasteiger partial charge in [-0.15, -0.1) is 0 Å². The molecule has 0 unspecified atom stereocenters. The molecule has 7 heteroatoms. The molecular formula is C17H15N3O3S. The number of nitrogens with zero attached hydrogens (tertiary/aromatic N) is 1. The zero-order chi connectivity index (χ0) is 16.9. The molecule has 2 heterocycles. The number of nitrogens with one attached hydrogen (secondary N) is 2. The summed E-state index contributed by atoms with van der Waals surface area (Å²) in [6, 6.07) is 13.0. The summed E-state index contributed by atoms with van der Waals surface area (Å²) in [6.45, 7) is 1.67. The summed E-state index contributed by atoms with van der Waals surface area (Å²) >= 11 is 1.39. The second-order valence-corrected chi connectivity index (χ2v) is 6.06. The molecular weight excluding hydrogens is 326 g/mol. The van der Waals surface area contributed by atoms with Crippen molar-refractivity contribution in [2.24, 2.45) is 0 Å². The molecule has 1 aromatic carbocycles. The van der Waals surface area contributed by atoms with Gasteiger partial charge < -0.3 is 9.73 Å². The van der Waals surface area contributed by atoms with E-state index < -0.39 is 0 Å². The highest BCUT2D eigenvalue weighted by atomic mass is 32.1. The third-order valence-corrected chi connectivity index (χ3v) is 4.14. The summed E-state index contributed by atoms with van der Waals surface area (Å²) in [6.07, 6.45) is 1.72. The molecule has 0 spiro atoms. The van der Waals surface area contributed by atoms with E-state index in [2.05, 4.69) is 15.6 Å². The summed E-state index contributed by atoms with van der Waals surface area (Å²) in [4.78, 5) is 28.2. The quantitative estimate of drug-likeness (QED) is 0.746. The Bertz CT molecular complexity index is 855. The third kappa shape index (κ3) is 3.88. The van der Waals surface area contributed by atoms with Gasteiger partial charge in [0, 0.05) is 13.1 Å². The topological polar surface area (TPSA) is 84.2 Å². The van der Waals surface area contributed by atoms with Gasteiger partial charge in [-0.25, -0.2) is 4.98 Å². The molecule has 122 valence electrons. The third-order valence-electron chi connectivity index (χ3n) is 3.18. The molecule has 24 heavy (non-hydrogen) atoms. The van der Waals surface area contributed by atoms with Crippen LogP contribution in [0.3, 0.4) is 0 Å². The molecule has 0 aliphatic carbocycles. The van der Waals surface area contributed by atoms with Crippen molar-refractivity contribution in [3.8, 4) is 10.4 Å². The van der Waals surface area contributed by atoms with E-state index in [9.17, 15) is 9.59 Å². The van der Waals surface area contributed by atoms with Gasteiger partial charge in [-0.05, 0) is 17.7 Å². The first-order valence-corrected chi connectivity index (χ1v) is 8.09. The highest BCUT2D eigenvalue weighted by Gasteiger charge is 2.14. The van der Waals surface area contributed by atoms with Crippen LogP contribution in [0, 0.1) is 0 Å². The molecule has 0 saturated carbocycles. The molecule has 0 atom stereocenters. The van der Waals surface area contributed by atoms with E-state index in [-0.39, 0.29) is 24.1 Å². The van der Waals surface area contributed by atoms with Crippen molar-refractivity contribution in [2.75, 3.05) is 5.32 Å². The maximum Gasteiger partial charge on any atom is 0.293 e. The number of furan rings is 1. The fourth-order valence-electron chi connectivity index (χ4n) is 2.03. The molecule has 2 aromatic heterocycles. The van der Waals surface area contributed by atoms with Crippen LogP contribution in [0.5, 0.6) is 0 Å². The van der Waals surface area contributed by atoms with Gasteiger partial charge in [-0.2, -0.15) is 0 Å². The molecule has 2 amide bonds. The lowest BCUT2D eigenvalue weighted by molar-refractivity contribution is -0.119. The second-order valence-electron chi connectivity index (χ2n) is 5.03. The van der Waals surface area contributed by atoms with E-state index in [1.807, 2.05) is 30.3 Å². The van der Waals surface area contributed by atoms with E-state index in [1.54, 1.807) is 18.3 Å². The molecule has 6 nitrogen and oxygen atoms in total. The molecule has 2 N–H and O–H groups in total. The maximum atomic E-state index is 12.2. The number of amides is 2. The molecule has 0 bridgehead atoms. The van der Waals surface area contributed by atoms with E-state index in [1.165, 1.54) is 18.3 Å². The predicted octanol–water partition coefficient (Wildman–Crippen LogP) is 3.29. The van der Waals surface area contributed by atoms with Gasteiger partial charge in [0.2, 0.25) is 5.91 Å². The summed E-state index contributed by atoms with van der Waals surface area (Å²) in [5, 5.41) is 5.82. The minimum absolute atomic E-state index is 0.159. The number of thiazole rings is 1. The molecule has 0 fully saturated rings. The average molecular weight is 341 g/mol. The summed E-state index contributed by atoms with van der Waals surface area (Å²) in [7, 11) is 0. The van der Waals surface area contributed by atoms with Crippen LogP contribution < -0.4 is 10.6 Å². The first-order valence-electron chi connectivity index (χ1n) is 7.27. The number of carbonyl (C=O) groups excluding carboxylic acids is 2. The molecule has 0 aliphatic rings. The highest BCUT2D eigenvalue weighted by molar-refractivity contribution is 7.19. The minimum Gasteiger partial charge on any atom is -0.454 e. The monoisotopic (exact) mass is 341 g/mol. The minimum atomic E-state index is -0.377. The van der Waals surface area contributed by atoms with Crippen LogP contribution in [0.25, 0.3) is 10.4 Å². The van der Waals surface area contributed by atoms with E-state index >= 15 is 0 Å². The number of benzene rings is 1. The van der Waals surface area contributed by atoms with Crippen LogP contribution in [-0.2, 0) is 11.3 Å². The Hall–Kier alpha value is -2.93. The van der Waals surface area contributed by atoms with Crippen molar-refractivity contribution in [2.45, 2.75) is 13.5 Å². The number of aromatic nitrogens is 1. The fraction of sp³-hybridized carbons (Fsp3) is 0.118. The standard InChI is InChI=1S/C17H15N3O3S/c1-11(21)18-9-13-7-8-14(23-13)16(22)20-17-19-10-15(24-17)12-5-3-2-4-6-12/h2-8,10H,9H2,1H3,(H,18,21)(H,19,20,22). The highest BCUT2D eigenvalue weighted by Crippen LogP contribution is 2.28. The molecule has 3 aromatic rings. The lowest BCUT2D eigenvalue weighted by Crippen LogP contribution is -2.18. The summed E-state index contributed by atoms with van der Waals surface area (Å²) in [5.41, 5.74) is 1.05. The van der Waals surface area contributed by atoms with Crippen LogP contribution in [0.1, 0.15) is 23.2 Å². The Morgan fingerprint density at radius 1 is 1.17 bits per heavy atom. The summed E-state index contributed by atoms with van der Waals surface area (Å²) in [5.74, 6) is 0.151. The average Bonchev–Trinajstić information content (AvgIpc) is 3.23. The fourth-order valence-corrected chi connectivity index (χ4v) is 2.85. The molecule has 0 saturated heterocycles. The van der Waals surface area contributed by atoms with Crippen LogP contribution >= 0.6 is 11.3 Å². The zero-order valence-electron chi connectivity index (χ0n) is 12.9. The van der Waals surface area contributed by atoms with Crippen molar-refractivity contribution in [1.29, 1.82) is 0 Å². The van der Waals surface area contributed by atoms with Gasteiger partial charge in [0.1, 0.15) is 5.76 Å². The van der Waals surface area contributed by atoms with Gasteiger partial charge in [-0.1, -0.05) is 41.7 Å². The van der Waals surface area contributed by atoms with Gasteiger partial charge in [-0.3, -0.25) is 14.9 Å². The zero-order valence-corrected chi connectivity index (χ0v) is 13.7. The Labute approximate surface area is 142 Å². The van der Waals surface area contributed by atoms with Gasteiger partial charge in [0.25, 0.3) is 5.91 Å². The predicted molar refractivity (Wildman–Crippen MR) is 91.7 cm³/mol. The van der Waals surface area contributed by atoms with E-state index in [4.69, 9.17) is 4.42 Å². The Morgan fingerprint density at radius 3 is 2.71 bits per heavy atom. The smallest absolute Gasteiger partial charge is 0.293 e. The first-order chi connectivity index (χ1) is 11.6. The van der Waals surface area contributed by atoms with Crippen molar-refractivity contribution >= 4 is 28.3 Å². The van der Waals surface area contributed by atoms with Crippen molar-refractivity contribution in [3.05, 3.63) is 60.2 Å². The van der Waals surface area contributed by atoms with Crippen LogP contribution in [-0.4, -0.2) is 16.8 Å². The first kappa shape index (κ1) is 15.9. The number of carbonyl (C=O) groups is 2. The number of rotatable bonds is 5. The number of hydrogen-bond acceptors (Lipinski definition) is 5. The lowest BCUT2D eigenvalue weighted by atomic mass is 10.2. The summed E-state index contributed by atoms with van der Waals surface area (Å²) < 4.78 is 5.41. The van der Waals surface area contributed by atoms with Crippen LogP contribution in [0.2, 0.25) is 0 Å². The molecule has 0 aliphatic heterocycles. The molecule has 3 rings (SSSR count). The van der Waals surface area contributed by atoms with Crippen molar-refractivity contribution in [1.82, 2.24) is 10.3 Å². The number of hydrogen-bond donors (Lipinski definition) is 2. The van der Waals surface area contributed by atoms with E-state index in [0.29, 0.717) is 10.9 Å². The van der Waals surface area contributed by atoms with Crippen molar-refractivity contribution in [3.63, 3.8) is 0 Å². The van der Waals surface area contributed by atoms with Crippen LogP contribution in [0.15, 0.2) is 53.1 Å². The van der Waals surface area contributed by atoms with E-state index in [0.717, 1.165) is 10.4 Å². The van der Waals surface area contributed by atoms with Gasteiger partial charge in [0.05, 0.1) is 11.4 Å².